The van der Waals surface area contributed by atoms with E-state index in [2.05, 4.69) is 21.6 Å². The number of imidazole rings is 1. The topological polar surface area (TPSA) is 75.0 Å². The van der Waals surface area contributed by atoms with Gasteiger partial charge in [-0.3, -0.25) is 4.90 Å². The van der Waals surface area contributed by atoms with E-state index in [1.165, 1.54) is 12.7 Å². The number of likely N-dealkylation sites (tertiary alicyclic amines) is 1. The molecule has 8 heteroatoms. The third kappa shape index (κ3) is 4.25. The zero-order valence-electron chi connectivity index (χ0n) is 20.2. The first-order valence-corrected chi connectivity index (χ1v) is 12.5. The number of hydrogen-bond acceptors (Lipinski definition) is 7. The van der Waals surface area contributed by atoms with Gasteiger partial charge in [0.05, 0.1) is 42.9 Å². The molecule has 35 heavy (non-hydrogen) atoms. The molecule has 8 nitrogen and oxygen atoms in total. The fourth-order valence-corrected chi connectivity index (χ4v) is 5.42. The molecule has 0 bridgehead atoms. The number of benzene rings is 2. The number of ether oxygens (including phenoxy) is 4. The molecule has 2 aromatic carbocycles. The minimum Gasteiger partial charge on any atom is -0.465 e. The van der Waals surface area contributed by atoms with Crippen LogP contribution in [0.3, 0.4) is 0 Å². The van der Waals surface area contributed by atoms with Gasteiger partial charge in [0.15, 0.2) is 11.5 Å². The number of aromatic nitrogens is 2. The zero-order chi connectivity index (χ0) is 23.9. The Morgan fingerprint density at radius 2 is 1.97 bits per heavy atom. The first kappa shape index (κ1) is 22.4. The third-order valence-electron chi connectivity index (χ3n) is 7.41. The second-order valence-electron chi connectivity index (χ2n) is 9.64. The lowest BCUT2D eigenvalue weighted by Gasteiger charge is -2.33. The summed E-state index contributed by atoms with van der Waals surface area (Å²) in [4.78, 5) is 19.5. The van der Waals surface area contributed by atoms with Gasteiger partial charge in [-0.1, -0.05) is 12.1 Å². The van der Waals surface area contributed by atoms with E-state index < -0.39 is 0 Å². The number of esters is 1. The molecule has 6 rings (SSSR count). The molecule has 2 saturated heterocycles. The lowest BCUT2D eigenvalue weighted by molar-refractivity contribution is -0.0592. The van der Waals surface area contributed by atoms with Crippen molar-refractivity contribution in [3.05, 3.63) is 53.3 Å². The first-order chi connectivity index (χ1) is 17.1. The highest BCUT2D eigenvalue weighted by atomic mass is 16.7. The first-order valence-electron chi connectivity index (χ1n) is 12.5. The molecule has 3 aliphatic heterocycles. The molecule has 3 aliphatic rings. The molecular formula is C27H31N3O5. The molecule has 3 aromatic rings. The van der Waals surface area contributed by atoms with Gasteiger partial charge in [0.2, 0.25) is 6.29 Å². The number of nitrogens with zero attached hydrogens (tertiary/aromatic N) is 3. The Morgan fingerprint density at radius 3 is 2.71 bits per heavy atom. The maximum atomic E-state index is 12.1. The normalized spacial score (nSPS) is 22.3. The predicted molar refractivity (Wildman–Crippen MR) is 130 cm³/mol. The number of carbonyl (C=O) groups is 1. The molecule has 0 N–H and O–H groups in total. The molecule has 4 heterocycles. The Bertz CT molecular complexity index is 1240. The Morgan fingerprint density at radius 1 is 1.14 bits per heavy atom. The molecule has 0 aliphatic carbocycles. The summed E-state index contributed by atoms with van der Waals surface area (Å²) < 4.78 is 24.6. The van der Waals surface area contributed by atoms with Crippen molar-refractivity contribution in [2.24, 2.45) is 0 Å². The molecule has 0 amide bonds. The van der Waals surface area contributed by atoms with Crippen LogP contribution in [-0.2, 0) is 22.6 Å². The largest absolute Gasteiger partial charge is 0.465 e. The lowest BCUT2D eigenvalue weighted by Crippen LogP contribution is -2.35. The van der Waals surface area contributed by atoms with Crippen LogP contribution < -0.4 is 9.47 Å². The molecule has 2 fully saturated rings. The Kier molecular flexibility index (Phi) is 5.86. The van der Waals surface area contributed by atoms with E-state index in [-0.39, 0.29) is 18.4 Å². The van der Waals surface area contributed by atoms with E-state index in [4.69, 9.17) is 23.9 Å². The maximum Gasteiger partial charge on any atom is 0.337 e. The summed E-state index contributed by atoms with van der Waals surface area (Å²) in [7, 11) is 1.41. The lowest BCUT2D eigenvalue weighted by atomic mass is 9.88. The van der Waals surface area contributed by atoms with Crippen LogP contribution in [0.4, 0.5) is 0 Å². The SMILES string of the molecule is COC(=O)c1ccc2nc(CN3CCC(c4cccc5c4OC(C)O5)CC3)n(CC3CCO3)c2c1. The summed E-state index contributed by atoms with van der Waals surface area (Å²) in [6.07, 6.45) is 3.15. The predicted octanol–water partition coefficient (Wildman–Crippen LogP) is 4.11. The van der Waals surface area contributed by atoms with E-state index in [9.17, 15) is 4.79 Å². The van der Waals surface area contributed by atoms with Crippen LogP contribution in [0, 0.1) is 0 Å². The zero-order valence-corrected chi connectivity index (χ0v) is 20.2. The maximum absolute atomic E-state index is 12.1. The Balaban J connectivity index is 1.20. The van der Waals surface area contributed by atoms with Gasteiger partial charge in [0.25, 0.3) is 0 Å². The molecule has 0 saturated carbocycles. The molecule has 1 aromatic heterocycles. The summed E-state index contributed by atoms with van der Waals surface area (Å²) in [6.45, 7) is 6.23. The highest BCUT2D eigenvalue weighted by molar-refractivity contribution is 5.93. The van der Waals surface area contributed by atoms with Gasteiger partial charge in [0.1, 0.15) is 5.82 Å². The number of methoxy groups -OCH3 is 1. The van der Waals surface area contributed by atoms with E-state index in [0.29, 0.717) is 11.5 Å². The van der Waals surface area contributed by atoms with Crippen LogP contribution in [0.25, 0.3) is 11.0 Å². The monoisotopic (exact) mass is 477 g/mol. The minimum absolute atomic E-state index is 0.198. The summed E-state index contributed by atoms with van der Waals surface area (Å²) in [5, 5.41) is 0. The fourth-order valence-electron chi connectivity index (χ4n) is 5.42. The van der Waals surface area contributed by atoms with Crippen molar-refractivity contribution in [1.82, 2.24) is 14.5 Å². The molecular weight excluding hydrogens is 446 g/mol. The van der Waals surface area contributed by atoms with Gasteiger partial charge >= 0.3 is 5.97 Å². The smallest absolute Gasteiger partial charge is 0.337 e. The van der Waals surface area contributed by atoms with Crippen LogP contribution in [-0.4, -0.2) is 59.6 Å². The average molecular weight is 478 g/mol. The average Bonchev–Trinajstić information content (AvgIpc) is 3.39. The summed E-state index contributed by atoms with van der Waals surface area (Å²) in [6, 6.07) is 11.8. The van der Waals surface area contributed by atoms with Crippen LogP contribution in [0.2, 0.25) is 0 Å². The number of piperidine rings is 1. The van der Waals surface area contributed by atoms with E-state index in [1.54, 1.807) is 6.07 Å². The second kappa shape index (κ2) is 9.17. The Labute approximate surface area is 204 Å². The third-order valence-corrected chi connectivity index (χ3v) is 7.41. The standard InChI is InChI=1S/C27H31N3O5/c1-17-34-24-5-3-4-21(26(24)35-17)18-8-11-29(12-9-18)16-25-28-22-7-6-19(27(31)32-2)14-23(22)30(25)15-20-10-13-33-20/h3-7,14,17-18,20H,8-13,15-16H2,1-2H3. The molecule has 2 unspecified atom stereocenters. The van der Waals surface area contributed by atoms with Crippen molar-refractivity contribution in [3.8, 4) is 11.5 Å². The summed E-state index contributed by atoms with van der Waals surface area (Å²) >= 11 is 0. The van der Waals surface area contributed by atoms with E-state index in [1.807, 2.05) is 25.1 Å². The van der Waals surface area contributed by atoms with Gasteiger partial charge in [-0.25, -0.2) is 9.78 Å². The van der Waals surface area contributed by atoms with Crippen molar-refractivity contribution >= 4 is 17.0 Å². The number of rotatable bonds is 6. The number of hydrogen-bond donors (Lipinski definition) is 0. The number of fused-ring (bicyclic) bond motifs is 2. The van der Waals surface area contributed by atoms with E-state index >= 15 is 0 Å². The van der Waals surface area contributed by atoms with Gasteiger partial charge in [-0.15, -0.1) is 0 Å². The molecule has 184 valence electrons. The van der Waals surface area contributed by atoms with Crippen LogP contribution in [0.5, 0.6) is 11.5 Å². The minimum atomic E-state index is -0.334. The quantitative estimate of drug-likeness (QED) is 0.495. The highest BCUT2D eigenvalue weighted by Crippen LogP contribution is 2.43. The second-order valence-corrected chi connectivity index (χ2v) is 9.64. The number of carbonyl (C=O) groups excluding carboxylic acids is 1. The van der Waals surface area contributed by atoms with Crippen LogP contribution >= 0.6 is 0 Å². The van der Waals surface area contributed by atoms with Crippen molar-refractivity contribution in [3.63, 3.8) is 0 Å². The van der Waals surface area contributed by atoms with Crippen molar-refractivity contribution in [2.75, 3.05) is 26.8 Å². The van der Waals surface area contributed by atoms with Crippen LogP contribution in [0.1, 0.15) is 53.8 Å². The summed E-state index contributed by atoms with van der Waals surface area (Å²) in [5.41, 5.74) is 3.66. The fraction of sp³-hybridized carbons (Fsp3) is 0.481. The van der Waals surface area contributed by atoms with Crippen molar-refractivity contribution < 1.29 is 23.7 Å². The molecule has 0 spiro atoms. The van der Waals surface area contributed by atoms with Crippen LogP contribution in [0.15, 0.2) is 36.4 Å². The van der Waals surface area contributed by atoms with Gasteiger partial charge < -0.3 is 23.5 Å². The van der Waals surface area contributed by atoms with E-state index in [0.717, 1.165) is 80.4 Å². The summed E-state index contributed by atoms with van der Waals surface area (Å²) in [5.74, 6) is 2.92. The van der Waals surface area contributed by atoms with Gasteiger partial charge in [0, 0.05) is 19.1 Å². The van der Waals surface area contributed by atoms with Crippen molar-refractivity contribution in [1.29, 1.82) is 0 Å². The molecule has 0 radical (unpaired) electrons. The van der Waals surface area contributed by atoms with Crippen molar-refractivity contribution in [2.45, 2.75) is 57.6 Å². The Hall–Kier alpha value is -3.10. The van der Waals surface area contributed by atoms with Gasteiger partial charge in [-0.2, -0.15) is 0 Å². The number of para-hydroxylation sites is 1. The van der Waals surface area contributed by atoms with Gasteiger partial charge in [-0.05, 0) is 62.5 Å². The highest BCUT2D eigenvalue weighted by Gasteiger charge is 2.30. The molecule has 2 atom stereocenters.